The van der Waals surface area contributed by atoms with Crippen LogP contribution in [-0.2, 0) is 10.0 Å². The van der Waals surface area contributed by atoms with Crippen molar-refractivity contribution < 1.29 is 17.9 Å². The summed E-state index contributed by atoms with van der Waals surface area (Å²) >= 11 is 0. The third-order valence-electron chi connectivity index (χ3n) is 5.26. The number of nitrogens with one attached hydrogen (secondary N) is 1. The summed E-state index contributed by atoms with van der Waals surface area (Å²) in [4.78, 5) is 3.52. The van der Waals surface area contributed by atoms with E-state index in [-0.39, 0.29) is 4.90 Å². The van der Waals surface area contributed by atoms with E-state index < -0.39 is 10.0 Å². The number of fused-ring (bicyclic) bond motifs is 2. The fourth-order valence-electron chi connectivity index (χ4n) is 3.78. The van der Waals surface area contributed by atoms with Crippen molar-refractivity contribution in [1.29, 1.82) is 0 Å². The molecule has 0 fully saturated rings. The zero-order valence-electron chi connectivity index (χ0n) is 15.2. The van der Waals surface area contributed by atoms with Crippen LogP contribution in [0.1, 0.15) is 12.0 Å². The molecule has 3 heterocycles. The quantitative estimate of drug-likeness (QED) is 0.736. The lowest BCUT2D eigenvalue weighted by atomic mass is 10.00. The molecule has 0 amide bonds. The number of aromatic nitrogens is 1. The molecule has 144 valence electrons. The van der Waals surface area contributed by atoms with Crippen molar-refractivity contribution in [3.8, 4) is 11.5 Å². The molecule has 2 aliphatic heterocycles. The molecule has 6 nitrogen and oxygen atoms in total. The van der Waals surface area contributed by atoms with Gasteiger partial charge in [0.2, 0.25) is 10.0 Å². The maximum atomic E-state index is 13.1. The van der Waals surface area contributed by atoms with Crippen LogP contribution in [0, 0.1) is 0 Å². The molecule has 1 N–H and O–H groups in total. The number of benzene rings is 2. The molecule has 0 unspecified atom stereocenters. The van der Waals surface area contributed by atoms with Gasteiger partial charge >= 0.3 is 0 Å². The van der Waals surface area contributed by atoms with Crippen molar-refractivity contribution in [2.24, 2.45) is 0 Å². The van der Waals surface area contributed by atoms with Crippen molar-refractivity contribution in [3.05, 3.63) is 60.3 Å². The van der Waals surface area contributed by atoms with E-state index in [2.05, 4.69) is 11.1 Å². The zero-order valence-corrected chi connectivity index (χ0v) is 16.0. The Balaban J connectivity index is 1.41. The molecule has 0 aliphatic carbocycles. The van der Waals surface area contributed by atoms with E-state index in [0.29, 0.717) is 44.2 Å². The summed E-state index contributed by atoms with van der Waals surface area (Å²) in [6, 6.07) is 12.9. The Kier molecular flexibility index (Phi) is 4.14. The fraction of sp³-hybridized carbons (Fsp3) is 0.238. The summed E-state index contributed by atoms with van der Waals surface area (Å²) in [6.07, 6.45) is 4.68. The van der Waals surface area contributed by atoms with Crippen molar-refractivity contribution >= 4 is 26.5 Å². The van der Waals surface area contributed by atoms with Crippen molar-refractivity contribution in [1.82, 2.24) is 9.29 Å². The van der Waals surface area contributed by atoms with Crippen LogP contribution in [0.5, 0.6) is 11.5 Å². The van der Waals surface area contributed by atoms with E-state index >= 15 is 0 Å². The molecule has 3 aromatic rings. The number of hydrogen-bond donors (Lipinski definition) is 1. The summed E-state index contributed by atoms with van der Waals surface area (Å²) in [5, 5.41) is 1.16. The minimum absolute atomic E-state index is 0.237. The molecule has 7 heteroatoms. The molecule has 28 heavy (non-hydrogen) atoms. The first kappa shape index (κ1) is 17.3. The van der Waals surface area contributed by atoms with E-state index in [1.165, 1.54) is 9.88 Å². The highest BCUT2D eigenvalue weighted by Crippen LogP contribution is 2.35. The molecule has 0 radical (unpaired) electrons. The maximum absolute atomic E-state index is 13.1. The van der Waals surface area contributed by atoms with Crippen molar-refractivity contribution in [3.63, 3.8) is 0 Å². The molecule has 0 spiro atoms. The second-order valence-electron chi connectivity index (χ2n) is 6.90. The minimum Gasteiger partial charge on any atom is -0.486 e. The fourth-order valence-corrected chi connectivity index (χ4v) is 5.18. The number of aromatic amines is 1. The van der Waals surface area contributed by atoms with Gasteiger partial charge in [0, 0.05) is 41.8 Å². The van der Waals surface area contributed by atoms with Crippen LogP contribution in [0.3, 0.4) is 0 Å². The van der Waals surface area contributed by atoms with Gasteiger partial charge in [-0.05, 0) is 30.2 Å². The van der Waals surface area contributed by atoms with E-state index in [0.717, 1.165) is 16.5 Å². The summed E-state index contributed by atoms with van der Waals surface area (Å²) < 4.78 is 38.7. The van der Waals surface area contributed by atoms with E-state index in [4.69, 9.17) is 9.47 Å². The highest BCUT2D eigenvalue weighted by atomic mass is 32.2. The number of para-hydroxylation sites is 1. The lowest BCUT2D eigenvalue weighted by molar-refractivity contribution is 0.171. The van der Waals surface area contributed by atoms with Gasteiger partial charge in [-0.1, -0.05) is 24.3 Å². The highest BCUT2D eigenvalue weighted by Gasteiger charge is 2.28. The van der Waals surface area contributed by atoms with Gasteiger partial charge in [-0.3, -0.25) is 0 Å². The summed E-state index contributed by atoms with van der Waals surface area (Å²) in [5.74, 6) is 1.07. The highest BCUT2D eigenvalue weighted by molar-refractivity contribution is 7.89. The summed E-state index contributed by atoms with van der Waals surface area (Å²) in [5.41, 5.74) is 3.41. The molecule has 5 rings (SSSR count). The number of nitrogens with zero attached hydrogens (tertiary/aromatic N) is 1. The van der Waals surface area contributed by atoms with Crippen LogP contribution < -0.4 is 9.47 Å². The van der Waals surface area contributed by atoms with E-state index in [1.807, 2.05) is 30.5 Å². The van der Waals surface area contributed by atoms with Crippen molar-refractivity contribution in [2.45, 2.75) is 11.3 Å². The van der Waals surface area contributed by atoms with Crippen LogP contribution in [0.25, 0.3) is 16.5 Å². The smallest absolute Gasteiger partial charge is 0.243 e. The van der Waals surface area contributed by atoms with Gasteiger partial charge in [0.25, 0.3) is 0 Å². The van der Waals surface area contributed by atoms with Gasteiger partial charge in [0.15, 0.2) is 11.5 Å². The molecular formula is C21H20N2O4S. The predicted octanol–water partition coefficient (Wildman–Crippen LogP) is 3.42. The minimum atomic E-state index is -3.58. The van der Waals surface area contributed by atoms with Gasteiger partial charge in [0.05, 0.1) is 4.90 Å². The molecule has 0 saturated heterocycles. The second-order valence-corrected chi connectivity index (χ2v) is 8.83. The Morgan fingerprint density at radius 1 is 1.00 bits per heavy atom. The maximum Gasteiger partial charge on any atom is 0.243 e. The predicted molar refractivity (Wildman–Crippen MR) is 107 cm³/mol. The summed E-state index contributed by atoms with van der Waals surface area (Å²) in [7, 11) is -3.58. The van der Waals surface area contributed by atoms with Gasteiger partial charge < -0.3 is 14.5 Å². The molecular weight excluding hydrogens is 376 g/mol. The third-order valence-corrected chi connectivity index (χ3v) is 7.12. The van der Waals surface area contributed by atoms with Crippen LogP contribution in [0.15, 0.2) is 59.6 Å². The normalized spacial score (nSPS) is 17.5. The number of rotatable bonds is 3. The van der Waals surface area contributed by atoms with Gasteiger partial charge in [-0.2, -0.15) is 4.31 Å². The Labute approximate surface area is 163 Å². The molecule has 2 aromatic carbocycles. The number of H-pyrrole nitrogens is 1. The monoisotopic (exact) mass is 396 g/mol. The topological polar surface area (TPSA) is 71.6 Å². The van der Waals surface area contributed by atoms with Gasteiger partial charge in [-0.15, -0.1) is 0 Å². The Morgan fingerprint density at radius 3 is 2.64 bits per heavy atom. The van der Waals surface area contributed by atoms with Gasteiger partial charge in [-0.25, -0.2) is 8.42 Å². The number of sulfonamides is 1. The average Bonchev–Trinajstić information content (AvgIpc) is 3.17. The Morgan fingerprint density at radius 2 is 1.82 bits per heavy atom. The first-order valence-electron chi connectivity index (χ1n) is 9.28. The second kappa shape index (κ2) is 6.68. The first-order chi connectivity index (χ1) is 13.6. The lowest BCUT2D eigenvalue weighted by Crippen LogP contribution is -2.34. The number of hydrogen-bond acceptors (Lipinski definition) is 4. The SMILES string of the molecule is O=S(=O)(c1ccc2c(c1)OCCO2)N1CC=C(c2c[nH]c3ccccc23)CC1. The standard InChI is InChI=1S/C21H20N2O4S/c24-28(25,16-5-6-20-21(13-16)27-12-11-26-20)23-9-7-15(8-10-23)18-14-22-19-4-2-1-3-17(18)19/h1-7,13-14,22H,8-12H2. The van der Waals surface area contributed by atoms with Crippen LogP contribution in [0.2, 0.25) is 0 Å². The van der Waals surface area contributed by atoms with E-state index in [1.54, 1.807) is 18.2 Å². The molecule has 1 aromatic heterocycles. The number of ether oxygens (including phenoxy) is 2. The molecule has 2 aliphatic rings. The van der Waals surface area contributed by atoms with Crippen LogP contribution in [-0.4, -0.2) is 44.0 Å². The zero-order chi connectivity index (χ0) is 19.1. The summed E-state index contributed by atoms with van der Waals surface area (Å²) in [6.45, 7) is 1.71. The average molecular weight is 396 g/mol. The van der Waals surface area contributed by atoms with Gasteiger partial charge in [0.1, 0.15) is 13.2 Å². The largest absolute Gasteiger partial charge is 0.486 e. The Hall–Kier alpha value is -2.77. The van der Waals surface area contributed by atoms with Crippen LogP contribution in [0.4, 0.5) is 0 Å². The molecule has 0 saturated carbocycles. The van der Waals surface area contributed by atoms with Crippen molar-refractivity contribution in [2.75, 3.05) is 26.3 Å². The Bertz CT molecular complexity index is 1180. The van der Waals surface area contributed by atoms with Crippen LogP contribution >= 0.6 is 0 Å². The van der Waals surface area contributed by atoms with E-state index in [9.17, 15) is 8.42 Å². The lowest BCUT2D eigenvalue weighted by Gasteiger charge is -2.26. The first-order valence-corrected chi connectivity index (χ1v) is 10.7. The molecule has 0 bridgehead atoms. The third kappa shape index (κ3) is 2.87. The molecule has 0 atom stereocenters.